The van der Waals surface area contributed by atoms with E-state index in [2.05, 4.69) is 18.2 Å². The summed E-state index contributed by atoms with van der Waals surface area (Å²) in [5, 5.41) is 0. The third-order valence-corrected chi connectivity index (χ3v) is 6.65. The first-order valence-electron chi connectivity index (χ1n) is 6.56. The molecule has 2 nitrogen and oxygen atoms in total. The third kappa shape index (κ3) is 2.74. The van der Waals surface area contributed by atoms with Gasteiger partial charge in [-0.2, -0.15) is 0 Å². The quantitative estimate of drug-likeness (QED) is 0.674. The predicted octanol–water partition coefficient (Wildman–Crippen LogP) is 4.60. The van der Waals surface area contributed by atoms with E-state index in [1.807, 2.05) is 30.3 Å². The number of methoxy groups -OCH3 is 2. The molecule has 0 amide bonds. The molecule has 0 spiro atoms. The Morgan fingerprint density at radius 1 is 0.955 bits per heavy atom. The number of halogens is 2. The van der Waals surface area contributed by atoms with Crippen LogP contribution in [0, 0.1) is 0 Å². The number of benzene rings is 2. The van der Waals surface area contributed by atoms with Crippen LogP contribution in [0.4, 0.5) is 0 Å². The van der Waals surface area contributed by atoms with Gasteiger partial charge in [-0.15, -0.1) is 0 Å². The Bertz CT molecular complexity index is 779. The van der Waals surface area contributed by atoms with E-state index in [0.717, 1.165) is 37.9 Å². The van der Waals surface area contributed by atoms with Crippen molar-refractivity contribution >= 4 is 29.1 Å². The maximum absolute atomic E-state index is 6.31. The fraction of sp³-hybridized carbons (Fsp3) is 0.118. The minimum absolute atomic E-state index is 0.742. The van der Waals surface area contributed by atoms with Crippen molar-refractivity contribution in [1.29, 1.82) is 0 Å². The summed E-state index contributed by atoms with van der Waals surface area (Å²) in [4.78, 5) is 0. The van der Waals surface area contributed by atoms with Crippen molar-refractivity contribution in [2.24, 2.45) is 0 Å². The van der Waals surface area contributed by atoms with Gasteiger partial charge in [0.15, 0.2) is 0 Å². The van der Waals surface area contributed by atoms with Crippen LogP contribution in [0.3, 0.4) is 0 Å². The van der Waals surface area contributed by atoms with Crippen molar-refractivity contribution in [2.45, 2.75) is 0 Å². The molecule has 2 aromatic carbocycles. The number of allylic oxidation sites excluding steroid dienone is 1. The van der Waals surface area contributed by atoms with Crippen molar-refractivity contribution in [3.8, 4) is 11.5 Å². The Kier molecular flexibility index (Phi) is 4.68. The molecule has 0 radical (unpaired) electrons. The van der Waals surface area contributed by atoms with E-state index in [-0.39, 0.29) is 0 Å². The van der Waals surface area contributed by atoms with Crippen molar-refractivity contribution in [1.82, 2.24) is 0 Å². The Morgan fingerprint density at radius 3 is 2.27 bits per heavy atom. The molecule has 0 unspecified atom stereocenters. The van der Waals surface area contributed by atoms with Gasteiger partial charge in [-0.1, -0.05) is 0 Å². The van der Waals surface area contributed by atoms with Crippen LogP contribution in [0.15, 0.2) is 48.5 Å². The van der Waals surface area contributed by atoms with Gasteiger partial charge in [0.1, 0.15) is 0 Å². The van der Waals surface area contributed by atoms with Gasteiger partial charge in [0.05, 0.1) is 0 Å². The second-order valence-electron chi connectivity index (χ2n) is 4.70. The number of hydrogen-bond acceptors (Lipinski definition) is 2. The first kappa shape index (κ1) is 15.7. The molecule has 2 aromatic rings. The summed E-state index contributed by atoms with van der Waals surface area (Å²) in [6, 6.07) is 14.1. The van der Waals surface area contributed by atoms with E-state index in [4.69, 9.17) is 28.9 Å². The monoisotopic (exact) mass is 422 g/mol. The molecule has 3 rings (SSSR count). The van der Waals surface area contributed by atoms with E-state index < -0.39 is 13.5 Å². The summed E-state index contributed by atoms with van der Waals surface area (Å²) in [6.45, 7) is 0. The zero-order chi connectivity index (χ0) is 15.7. The molecule has 0 aromatic heterocycles. The van der Waals surface area contributed by atoms with Crippen LogP contribution < -0.4 is 9.47 Å². The van der Waals surface area contributed by atoms with E-state index in [1.165, 1.54) is 0 Å². The predicted molar refractivity (Wildman–Crippen MR) is 88.9 cm³/mol. The Balaban J connectivity index is 2.30. The van der Waals surface area contributed by atoms with Crippen molar-refractivity contribution in [3.05, 3.63) is 65.2 Å². The molecule has 0 aliphatic heterocycles. The topological polar surface area (TPSA) is 18.5 Å². The molecule has 22 heavy (non-hydrogen) atoms. The van der Waals surface area contributed by atoms with Crippen molar-refractivity contribution in [3.63, 3.8) is 0 Å². The molecule has 0 bridgehead atoms. The van der Waals surface area contributed by atoms with Gasteiger partial charge in [-0.05, 0) is 0 Å². The SMILES string of the molecule is COc1cc(OC)c2c(c1)C(c1ccccc1)=C[C]2=[Ru]([Cl])[Cl]. The standard InChI is InChI=1S/C17H14O2.2ClH.Ru/c1-18-13-10-16-14(12-6-4-3-5-7-12)8-9-15(16)17(11-13)19-2;;;/h3-8,10-11H,1-2H3;2*1H;/q;;;+2/p-2. The molecule has 0 N–H and O–H groups in total. The van der Waals surface area contributed by atoms with Crippen molar-refractivity contribution < 1.29 is 23.0 Å². The van der Waals surface area contributed by atoms with E-state index in [1.54, 1.807) is 14.2 Å². The molecule has 5 heteroatoms. The average molecular weight is 422 g/mol. The molecule has 1 aliphatic carbocycles. The third-order valence-electron chi connectivity index (χ3n) is 3.55. The van der Waals surface area contributed by atoms with Crippen LogP contribution in [-0.4, -0.2) is 18.3 Å². The molecule has 0 heterocycles. The molecule has 116 valence electrons. The molecule has 0 saturated heterocycles. The fourth-order valence-electron chi connectivity index (χ4n) is 2.56. The van der Waals surface area contributed by atoms with Gasteiger partial charge in [0.25, 0.3) is 0 Å². The number of rotatable bonds is 3. The number of hydrogen-bond donors (Lipinski definition) is 0. The van der Waals surface area contributed by atoms with E-state index in [9.17, 15) is 0 Å². The fourth-order valence-corrected chi connectivity index (χ4v) is 5.02. The second kappa shape index (κ2) is 6.54. The zero-order valence-corrected chi connectivity index (χ0v) is 15.3. The van der Waals surface area contributed by atoms with Gasteiger partial charge < -0.3 is 0 Å². The summed E-state index contributed by atoms with van der Waals surface area (Å²) in [5.41, 5.74) is 4.27. The van der Waals surface area contributed by atoms with Gasteiger partial charge in [0, 0.05) is 0 Å². The van der Waals surface area contributed by atoms with Crippen LogP contribution in [0.2, 0.25) is 0 Å². The van der Waals surface area contributed by atoms with Gasteiger partial charge in [0.2, 0.25) is 0 Å². The first-order chi connectivity index (χ1) is 10.7. The number of ether oxygens (including phenoxy) is 2. The maximum atomic E-state index is 6.31. The summed E-state index contributed by atoms with van der Waals surface area (Å²) < 4.78 is 11.9. The summed E-state index contributed by atoms with van der Waals surface area (Å²) >= 11 is -2.07. The van der Waals surface area contributed by atoms with Crippen LogP contribution in [-0.2, 0) is 13.5 Å². The van der Waals surface area contributed by atoms with E-state index in [0.29, 0.717) is 0 Å². The van der Waals surface area contributed by atoms with Crippen LogP contribution in [0.25, 0.3) is 5.57 Å². The Labute approximate surface area is 142 Å². The minimum atomic E-state index is -2.07. The normalized spacial score (nSPS) is 13.5. The Hall–Kier alpha value is -1.15. The summed E-state index contributed by atoms with van der Waals surface area (Å²) in [7, 11) is 15.9. The molecule has 0 atom stereocenters. The second-order valence-corrected chi connectivity index (χ2v) is 10.5. The Morgan fingerprint density at radius 2 is 1.68 bits per heavy atom. The summed E-state index contributed by atoms with van der Waals surface area (Å²) in [6.07, 6.45) is 2.08. The average Bonchev–Trinajstić information content (AvgIpc) is 2.94. The summed E-state index contributed by atoms with van der Waals surface area (Å²) in [5.74, 6) is 1.49. The van der Waals surface area contributed by atoms with E-state index >= 15 is 0 Å². The first-order valence-corrected chi connectivity index (χ1v) is 11.9. The molecular formula is C17H14Cl2O2Ru. The zero-order valence-electron chi connectivity index (χ0n) is 12.0. The van der Waals surface area contributed by atoms with Crippen LogP contribution in [0.5, 0.6) is 11.5 Å². The molecule has 1 aliphatic rings. The van der Waals surface area contributed by atoms with Gasteiger partial charge >= 0.3 is 143 Å². The van der Waals surface area contributed by atoms with Crippen LogP contribution in [0.1, 0.15) is 16.7 Å². The van der Waals surface area contributed by atoms with Gasteiger partial charge in [-0.3, -0.25) is 0 Å². The van der Waals surface area contributed by atoms with Gasteiger partial charge in [-0.25, -0.2) is 0 Å². The van der Waals surface area contributed by atoms with Crippen molar-refractivity contribution in [2.75, 3.05) is 14.2 Å². The van der Waals surface area contributed by atoms with Crippen LogP contribution >= 0.6 is 19.4 Å². The molecule has 0 saturated carbocycles. The molecular weight excluding hydrogens is 408 g/mol. The molecule has 0 fully saturated rings. The number of fused-ring (bicyclic) bond motifs is 1.